The fourth-order valence-electron chi connectivity index (χ4n) is 3.31. The topological polar surface area (TPSA) is 71.7 Å². The molecular formula is C23H19NO4. The van der Waals surface area contributed by atoms with E-state index < -0.39 is 5.97 Å². The van der Waals surface area contributed by atoms with Gasteiger partial charge >= 0.3 is 5.97 Å². The third-order valence-corrected chi connectivity index (χ3v) is 4.61. The molecule has 4 rings (SSSR count). The van der Waals surface area contributed by atoms with Crippen LogP contribution in [0.3, 0.4) is 0 Å². The van der Waals surface area contributed by atoms with Crippen LogP contribution in [0.5, 0.6) is 17.2 Å². The highest BCUT2D eigenvalue weighted by molar-refractivity contribution is 6.03. The Balaban J connectivity index is 2.02. The average Bonchev–Trinajstić information content (AvgIpc) is 2.96. The molecule has 0 aliphatic heterocycles. The second-order valence-corrected chi connectivity index (χ2v) is 6.77. The molecular weight excluding hydrogens is 354 g/mol. The predicted octanol–water partition coefficient (Wildman–Crippen LogP) is 5.44. The van der Waals surface area contributed by atoms with E-state index in [0.717, 1.165) is 11.1 Å². The van der Waals surface area contributed by atoms with Crippen molar-refractivity contribution in [2.24, 2.45) is 0 Å². The van der Waals surface area contributed by atoms with Crippen molar-refractivity contribution in [2.45, 2.75) is 13.8 Å². The van der Waals surface area contributed by atoms with Gasteiger partial charge in [0.15, 0.2) is 11.4 Å². The number of ether oxygens (including phenoxy) is 1. The summed E-state index contributed by atoms with van der Waals surface area (Å²) >= 11 is 0. The highest BCUT2D eigenvalue weighted by Gasteiger charge is 2.26. The highest BCUT2D eigenvalue weighted by atomic mass is 16.5. The minimum absolute atomic E-state index is 0.00552. The van der Waals surface area contributed by atoms with Gasteiger partial charge in [-0.1, -0.05) is 29.8 Å². The van der Waals surface area contributed by atoms with Crippen LogP contribution in [-0.4, -0.2) is 20.7 Å². The van der Waals surface area contributed by atoms with Crippen molar-refractivity contribution in [3.05, 3.63) is 83.6 Å². The predicted molar refractivity (Wildman–Crippen MR) is 108 cm³/mol. The Labute approximate surface area is 162 Å². The molecule has 0 atom stereocenters. The van der Waals surface area contributed by atoms with E-state index in [2.05, 4.69) is 0 Å². The van der Waals surface area contributed by atoms with Crippen LogP contribution in [0.4, 0.5) is 0 Å². The summed E-state index contributed by atoms with van der Waals surface area (Å²) in [5, 5.41) is 20.5. The summed E-state index contributed by atoms with van der Waals surface area (Å²) in [6, 6.07) is 19.7. The van der Waals surface area contributed by atoms with E-state index in [4.69, 9.17) is 4.74 Å². The van der Waals surface area contributed by atoms with Crippen molar-refractivity contribution in [1.82, 2.24) is 4.57 Å². The standard InChI is InChI=1S/C23H19NO4/c1-14-6-8-16(9-7-14)24-20-11-10-17(25)13-19(20)22(21(24)23(26)27)28-18-5-3-4-15(2)12-18/h3-13,25H,1-2H3,(H,26,27). The lowest BCUT2D eigenvalue weighted by molar-refractivity contribution is 0.0686. The van der Waals surface area contributed by atoms with Crippen LogP contribution in [0.1, 0.15) is 21.6 Å². The number of hydrogen-bond acceptors (Lipinski definition) is 3. The first-order valence-corrected chi connectivity index (χ1v) is 8.86. The molecule has 3 aromatic carbocycles. The van der Waals surface area contributed by atoms with Gasteiger partial charge < -0.3 is 19.5 Å². The quantitative estimate of drug-likeness (QED) is 0.499. The molecule has 0 radical (unpaired) electrons. The van der Waals surface area contributed by atoms with Gasteiger partial charge in [0.25, 0.3) is 0 Å². The van der Waals surface area contributed by atoms with Crippen LogP contribution in [0.15, 0.2) is 66.7 Å². The number of carboxylic acid groups (broad SMARTS) is 1. The van der Waals surface area contributed by atoms with Crippen molar-refractivity contribution in [3.8, 4) is 22.9 Å². The number of nitrogens with zero attached hydrogens (tertiary/aromatic N) is 1. The lowest BCUT2D eigenvalue weighted by atomic mass is 10.2. The number of aromatic nitrogens is 1. The van der Waals surface area contributed by atoms with Crippen molar-refractivity contribution in [3.63, 3.8) is 0 Å². The van der Waals surface area contributed by atoms with Crippen molar-refractivity contribution in [1.29, 1.82) is 0 Å². The molecule has 140 valence electrons. The van der Waals surface area contributed by atoms with Gasteiger partial charge in [0.2, 0.25) is 0 Å². The fraction of sp³-hybridized carbons (Fsp3) is 0.0870. The number of aryl methyl sites for hydroxylation is 2. The molecule has 28 heavy (non-hydrogen) atoms. The Kier molecular flexibility index (Phi) is 4.28. The van der Waals surface area contributed by atoms with Gasteiger partial charge in [-0.2, -0.15) is 0 Å². The summed E-state index contributed by atoms with van der Waals surface area (Å²) in [7, 11) is 0. The monoisotopic (exact) mass is 373 g/mol. The van der Waals surface area contributed by atoms with Crippen LogP contribution in [0.25, 0.3) is 16.6 Å². The molecule has 0 aliphatic rings. The third kappa shape index (κ3) is 3.07. The Morgan fingerprint density at radius 3 is 2.36 bits per heavy atom. The van der Waals surface area contributed by atoms with Gasteiger partial charge in [-0.3, -0.25) is 0 Å². The van der Waals surface area contributed by atoms with Gasteiger partial charge in [-0.05, 0) is 61.9 Å². The SMILES string of the molecule is Cc1ccc(-n2c(C(=O)O)c(Oc3cccc(C)c3)c3cc(O)ccc32)cc1. The fourth-order valence-corrected chi connectivity index (χ4v) is 3.31. The molecule has 0 fully saturated rings. The Hall–Kier alpha value is -3.73. The summed E-state index contributed by atoms with van der Waals surface area (Å²) in [4.78, 5) is 12.2. The molecule has 5 nitrogen and oxygen atoms in total. The summed E-state index contributed by atoms with van der Waals surface area (Å²) in [5.41, 5.74) is 3.43. The Bertz CT molecular complexity index is 1190. The van der Waals surface area contributed by atoms with Gasteiger partial charge in [0, 0.05) is 11.1 Å². The minimum atomic E-state index is -1.11. The molecule has 1 aromatic heterocycles. The molecule has 0 saturated heterocycles. The number of phenols is 1. The Morgan fingerprint density at radius 2 is 1.68 bits per heavy atom. The van der Waals surface area contributed by atoms with Gasteiger partial charge in [-0.15, -0.1) is 0 Å². The van der Waals surface area contributed by atoms with Crippen molar-refractivity contribution >= 4 is 16.9 Å². The first kappa shape index (κ1) is 17.7. The van der Waals surface area contributed by atoms with E-state index >= 15 is 0 Å². The summed E-state index contributed by atoms with van der Waals surface area (Å²) in [6.45, 7) is 3.91. The number of benzene rings is 3. The lowest BCUT2D eigenvalue weighted by Crippen LogP contribution is -2.08. The first-order chi connectivity index (χ1) is 13.4. The lowest BCUT2D eigenvalue weighted by Gasteiger charge is -2.10. The third-order valence-electron chi connectivity index (χ3n) is 4.61. The molecule has 5 heteroatoms. The normalized spacial score (nSPS) is 10.9. The zero-order valence-corrected chi connectivity index (χ0v) is 15.5. The largest absolute Gasteiger partial charge is 0.508 e. The van der Waals surface area contributed by atoms with Crippen LogP contribution in [0.2, 0.25) is 0 Å². The van der Waals surface area contributed by atoms with Crippen LogP contribution in [-0.2, 0) is 0 Å². The number of aromatic hydroxyl groups is 1. The van der Waals surface area contributed by atoms with E-state index in [1.54, 1.807) is 16.7 Å². The number of rotatable bonds is 4. The number of fused-ring (bicyclic) bond motifs is 1. The smallest absolute Gasteiger partial charge is 0.356 e. The van der Waals surface area contributed by atoms with Crippen LogP contribution in [0, 0.1) is 13.8 Å². The summed E-state index contributed by atoms with van der Waals surface area (Å²) in [5.74, 6) is -0.336. The molecule has 1 heterocycles. The van der Waals surface area contributed by atoms with Crippen molar-refractivity contribution in [2.75, 3.05) is 0 Å². The zero-order valence-electron chi connectivity index (χ0n) is 15.5. The molecule has 0 amide bonds. The van der Waals surface area contributed by atoms with E-state index in [0.29, 0.717) is 22.3 Å². The van der Waals surface area contributed by atoms with Gasteiger partial charge in [0.1, 0.15) is 11.5 Å². The molecule has 0 aliphatic carbocycles. The zero-order chi connectivity index (χ0) is 19.8. The van der Waals surface area contributed by atoms with E-state index in [9.17, 15) is 15.0 Å². The molecule has 4 aromatic rings. The molecule has 2 N–H and O–H groups in total. The number of aromatic carboxylic acids is 1. The summed E-state index contributed by atoms with van der Waals surface area (Å²) < 4.78 is 7.67. The van der Waals surface area contributed by atoms with Gasteiger partial charge in [-0.25, -0.2) is 4.79 Å². The van der Waals surface area contributed by atoms with Crippen molar-refractivity contribution < 1.29 is 19.7 Å². The average molecular weight is 373 g/mol. The molecule has 0 bridgehead atoms. The maximum atomic E-state index is 12.2. The van der Waals surface area contributed by atoms with E-state index in [-0.39, 0.29) is 17.2 Å². The maximum Gasteiger partial charge on any atom is 0.356 e. The maximum absolute atomic E-state index is 12.2. The molecule has 0 saturated carbocycles. The van der Waals surface area contributed by atoms with Crippen LogP contribution < -0.4 is 4.74 Å². The number of carbonyl (C=O) groups is 1. The number of carboxylic acids is 1. The van der Waals surface area contributed by atoms with Gasteiger partial charge in [0.05, 0.1) is 5.52 Å². The van der Waals surface area contributed by atoms with E-state index in [1.165, 1.54) is 12.1 Å². The molecule has 0 spiro atoms. The van der Waals surface area contributed by atoms with E-state index in [1.807, 2.05) is 56.3 Å². The molecule has 0 unspecified atom stereocenters. The number of hydrogen-bond donors (Lipinski definition) is 2. The first-order valence-electron chi connectivity index (χ1n) is 8.86. The van der Waals surface area contributed by atoms with Crippen LogP contribution >= 0.6 is 0 Å². The highest BCUT2D eigenvalue weighted by Crippen LogP contribution is 2.40. The summed E-state index contributed by atoms with van der Waals surface area (Å²) in [6.07, 6.45) is 0. The second-order valence-electron chi connectivity index (χ2n) is 6.77. The Morgan fingerprint density at radius 1 is 0.929 bits per heavy atom. The minimum Gasteiger partial charge on any atom is -0.508 e. The second kappa shape index (κ2) is 6.78. The number of phenolic OH excluding ortho intramolecular Hbond substituents is 1.